The molecule has 6 nitrogen and oxygen atoms in total. The van der Waals surface area contributed by atoms with Crippen LogP contribution in [0.2, 0.25) is 0 Å². The van der Waals surface area contributed by atoms with Gasteiger partial charge in [-0.3, -0.25) is 4.79 Å². The van der Waals surface area contributed by atoms with Gasteiger partial charge in [-0.05, 0) is 61.9 Å². The zero-order valence-corrected chi connectivity index (χ0v) is 18.8. The lowest BCUT2D eigenvalue weighted by Gasteiger charge is -2.13. The first-order chi connectivity index (χ1) is 16.5. The number of hydrogen-bond donors (Lipinski definition) is 1. The Hall–Kier alpha value is -4.39. The molecule has 1 amide bonds. The van der Waals surface area contributed by atoms with Crippen LogP contribution >= 0.6 is 0 Å². The lowest BCUT2D eigenvalue weighted by molar-refractivity contribution is 0.102. The number of aryl methyl sites for hydroxylation is 2. The Morgan fingerprint density at radius 1 is 0.912 bits per heavy atom. The van der Waals surface area contributed by atoms with Gasteiger partial charge in [0, 0.05) is 11.1 Å². The van der Waals surface area contributed by atoms with Crippen molar-refractivity contribution in [1.29, 1.82) is 0 Å². The van der Waals surface area contributed by atoms with E-state index in [4.69, 9.17) is 0 Å². The number of benzene rings is 3. The molecule has 0 atom stereocenters. The Bertz CT molecular complexity index is 1490. The van der Waals surface area contributed by atoms with Crippen molar-refractivity contribution in [3.05, 3.63) is 107 Å². The van der Waals surface area contributed by atoms with Crippen molar-refractivity contribution in [3.8, 4) is 11.3 Å². The summed E-state index contributed by atoms with van der Waals surface area (Å²) in [7, 11) is 0. The molecule has 0 radical (unpaired) electrons. The molecule has 7 heteroatoms. The molecule has 0 saturated carbocycles. The summed E-state index contributed by atoms with van der Waals surface area (Å²) in [6.07, 6.45) is 1.68. The fourth-order valence-corrected chi connectivity index (χ4v) is 3.78. The minimum absolute atomic E-state index is 0.292. The maximum Gasteiger partial charge on any atom is 0.256 e. The van der Waals surface area contributed by atoms with Crippen LogP contribution in [-0.4, -0.2) is 25.4 Å². The van der Waals surface area contributed by atoms with E-state index in [2.05, 4.69) is 20.3 Å². The number of rotatable bonds is 5. The van der Waals surface area contributed by atoms with E-state index in [0.717, 1.165) is 22.5 Å². The summed E-state index contributed by atoms with van der Waals surface area (Å²) < 4.78 is 15.4. The predicted molar refractivity (Wildman–Crippen MR) is 130 cm³/mol. The van der Waals surface area contributed by atoms with Crippen molar-refractivity contribution in [3.63, 3.8) is 0 Å². The number of hydrogen-bond acceptors (Lipinski definition) is 4. The number of carbonyl (C=O) groups excluding carboxylic acids is 1. The molecule has 0 aliphatic carbocycles. The largest absolute Gasteiger partial charge is 0.312 e. The van der Waals surface area contributed by atoms with Crippen LogP contribution < -0.4 is 5.32 Å². The van der Waals surface area contributed by atoms with E-state index in [1.54, 1.807) is 36.7 Å². The van der Waals surface area contributed by atoms with E-state index in [1.165, 1.54) is 12.1 Å². The van der Waals surface area contributed by atoms with E-state index in [9.17, 15) is 9.18 Å². The number of nitrogens with one attached hydrogen (secondary N) is 1. The van der Waals surface area contributed by atoms with Crippen LogP contribution in [0.25, 0.3) is 22.3 Å². The summed E-state index contributed by atoms with van der Waals surface area (Å²) in [6.45, 7) is 4.32. The lowest BCUT2D eigenvalue weighted by Crippen LogP contribution is -2.16. The highest BCUT2D eigenvalue weighted by molar-refractivity contribution is 6.06. The molecule has 168 valence electrons. The molecule has 0 bridgehead atoms. The van der Waals surface area contributed by atoms with Gasteiger partial charge < -0.3 is 9.88 Å². The maximum atomic E-state index is 13.5. The number of aromatic nitrogens is 4. The fourth-order valence-electron chi connectivity index (χ4n) is 3.78. The third-order valence-corrected chi connectivity index (χ3v) is 5.72. The third-order valence-electron chi connectivity index (χ3n) is 5.72. The highest BCUT2D eigenvalue weighted by atomic mass is 19.1. The molecule has 0 spiro atoms. The van der Waals surface area contributed by atoms with Gasteiger partial charge in [0.15, 0.2) is 0 Å². The smallest absolute Gasteiger partial charge is 0.256 e. The molecule has 34 heavy (non-hydrogen) atoms. The van der Waals surface area contributed by atoms with Gasteiger partial charge in [-0.1, -0.05) is 30.3 Å². The molecule has 0 fully saturated rings. The summed E-state index contributed by atoms with van der Waals surface area (Å²) in [5, 5.41) is 3.02. The Kier molecular flexibility index (Phi) is 5.59. The van der Waals surface area contributed by atoms with Crippen LogP contribution in [0.1, 0.15) is 27.3 Å². The van der Waals surface area contributed by atoms with Gasteiger partial charge in [-0.2, -0.15) is 0 Å². The summed E-state index contributed by atoms with van der Waals surface area (Å²) in [5.74, 6) is -0.0901. The summed E-state index contributed by atoms with van der Waals surface area (Å²) in [4.78, 5) is 26.9. The summed E-state index contributed by atoms with van der Waals surface area (Å²) >= 11 is 0. The fraction of sp³-hybridized carbons (Fsp3) is 0.111. The topological polar surface area (TPSA) is 72.7 Å². The van der Waals surface area contributed by atoms with Crippen LogP contribution in [0.5, 0.6) is 0 Å². The number of anilines is 1. The van der Waals surface area contributed by atoms with Gasteiger partial charge in [0.2, 0.25) is 0 Å². The van der Waals surface area contributed by atoms with Crippen molar-refractivity contribution in [2.24, 2.45) is 0 Å². The zero-order valence-electron chi connectivity index (χ0n) is 18.8. The average Bonchev–Trinajstić information content (AvgIpc) is 3.22. The Morgan fingerprint density at radius 2 is 1.62 bits per heavy atom. The van der Waals surface area contributed by atoms with E-state index < -0.39 is 0 Å². The normalized spacial score (nSPS) is 11.0. The Balaban J connectivity index is 1.52. The van der Waals surface area contributed by atoms with Gasteiger partial charge in [-0.25, -0.2) is 19.3 Å². The second-order valence-electron chi connectivity index (χ2n) is 8.11. The van der Waals surface area contributed by atoms with Crippen LogP contribution in [0.4, 0.5) is 10.2 Å². The monoisotopic (exact) mass is 451 g/mol. The van der Waals surface area contributed by atoms with Gasteiger partial charge in [-0.15, -0.1) is 0 Å². The molecule has 2 aromatic heterocycles. The molecular weight excluding hydrogens is 429 g/mol. The molecular formula is C27H22FN5O. The van der Waals surface area contributed by atoms with Gasteiger partial charge in [0.05, 0.1) is 35.3 Å². The van der Waals surface area contributed by atoms with Crippen LogP contribution in [0.3, 0.4) is 0 Å². The lowest BCUT2D eigenvalue weighted by atomic mass is 10.1. The third kappa shape index (κ3) is 4.28. The minimum Gasteiger partial charge on any atom is -0.312 e. The molecule has 0 saturated heterocycles. The second kappa shape index (κ2) is 8.86. The highest BCUT2D eigenvalue weighted by Crippen LogP contribution is 2.28. The van der Waals surface area contributed by atoms with Gasteiger partial charge in [0.1, 0.15) is 17.3 Å². The molecule has 1 N–H and O–H groups in total. The zero-order chi connectivity index (χ0) is 23.7. The van der Waals surface area contributed by atoms with Crippen LogP contribution in [0, 0.1) is 19.7 Å². The standard InChI is InChI=1S/C27H22FN5O/c1-17-18(2)31-24-14-21(10-13-23(24)30-17)27(34)32-26-25(20-8-11-22(28)12-9-20)29-16-33(26)15-19-6-4-3-5-7-19/h3-14,16H,15H2,1-2H3,(H,32,34). The van der Waals surface area contributed by atoms with Crippen molar-refractivity contribution < 1.29 is 9.18 Å². The molecule has 3 aromatic carbocycles. The number of halogens is 1. The molecule has 5 rings (SSSR count). The molecule has 0 unspecified atom stereocenters. The van der Waals surface area contributed by atoms with Gasteiger partial charge >= 0.3 is 0 Å². The molecule has 5 aromatic rings. The highest BCUT2D eigenvalue weighted by Gasteiger charge is 2.18. The number of carbonyl (C=O) groups is 1. The second-order valence-corrected chi connectivity index (χ2v) is 8.11. The van der Waals surface area contributed by atoms with E-state index in [-0.39, 0.29) is 11.7 Å². The Morgan fingerprint density at radius 3 is 2.35 bits per heavy atom. The van der Waals surface area contributed by atoms with E-state index in [1.807, 2.05) is 48.7 Å². The summed E-state index contributed by atoms with van der Waals surface area (Å²) in [5.41, 5.74) is 5.88. The minimum atomic E-state index is -0.333. The first-order valence-corrected chi connectivity index (χ1v) is 10.9. The molecule has 0 aliphatic heterocycles. The van der Waals surface area contributed by atoms with Crippen LogP contribution in [-0.2, 0) is 6.54 Å². The first kappa shape index (κ1) is 21.5. The number of imidazole rings is 1. The number of nitrogens with zero attached hydrogens (tertiary/aromatic N) is 4. The van der Waals surface area contributed by atoms with Crippen molar-refractivity contribution >= 4 is 22.8 Å². The Labute approximate surface area is 196 Å². The molecule has 2 heterocycles. The van der Waals surface area contributed by atoms with Gasteiger partial charge in [0.25, 0.3) is 5.91 Å². The first-order valence-electron chi connectivity index (χ1n) is 10.9. The van der Waals surface area contributed by atoms with Crippen molar-refractivity contribution in [1.82, 2.24) is 19.5 Å². The number of amides is 1. The predicted octanol–water partition coefficient (Wildman–Crippen LogP) is 5.55. The number of fused-ring (bicyclic) bond motifs is 1. The SMILES string of the molecule is Cc1nc2ccc(C(=O)Nc3c(-c4ccc(F)cc4)ncn3Cc3ccccc3)cc2nc1C. The quantitative estimate of drug-likeness (QED) is 0.380. The summed E-state index contributed by atoms with van der Waals surface area (Å²) in [6, 6.07) is 21.2. The van der Waals surface area contributed by atoms with E-state index in [0.29, 0.717) is 34.7 Å². The van der Waals surface area contributed by atoms with Crippen molar-refractivity contribution in [2.45, 2.75) is 20.4 Å². The maximum absolute atomic E-state index is 13.5. The van der Waals surface area contributed by atoms with E-state index >= 15 is 0 Å². The average molecular weight is 452 g/mol. The van der Waals surface area contributed by atoms with Crippen LogP contribution in [0.15, 0.2) is 79.1 Å². The van der Waals surface area contributed by atoms with Crippen molar-refractivity contribution in [2.75, 3.05) is 5.32 Å². The molecule has 0 aliphatic rings.